The van der Waals surface area contributed by atoms with E-state index in [9.17, 15) is 0 Å². The molecule has 0 saturated carbocycles. The summed E-state index contributed by atoms with van der Waals surface area (Å²) in [6, 6.07) is 33.6. The van der Waals surface area contributed by atoms with E-state index in [1.54, 1.807) is 0 Å². The van der Waals surface area contributed by atoms with Gasteiger partial charge in [-0.15, -0.1) is 0 Å². The van der Waals surface area contributed by atoms with Crippen molar-refractivity contribution in [2.24, 2.45) is 0 Å². The molecule has 0 amide bonds. The van der Waals surface area contributed by atoms with Crippen molar-refractivity contribution in [3.63, 3.8) is 0 Å². The third kappa shape index (κ3) is 6.57. The molecule has 0 spiro atoms. The summed E-state index contributed by atoms with van der Waals surface area (Å²) in [4.78, 5) is 3.33. The Balaban J connectivity index is 0.000000143. The largest absolute Gasteiger partial charge is 0.358 e. The fourth-order valence-corrected chi connectivity index (χ4v) is 5.19. The molecule has 0 atom stereocenters. The van der Waals surface area contributed by atoms with E-state index in [0.717, 1.165) is 8.95 Å². The van der Waals surface area contributed by atoms with Crippen LogP contribution in [-0.2, 0) is 0 Å². The van der Waals surface area contributed by atoms with Gasteiger partial charge in [0.15, 0.2) is 0 Å². The first-order chi connectivity index (χ1) is 17.8. The zero-order chi connectivity index (χ0) is 26.5. The minimum absolute atomic E-state index is 1.11. The van der Waals surface area contributed by atoms with E-state index in [1.165, 1.54) is 53.6 Å². The third-order valence-corrected chi connectivity index (χ3v) is 8.31. The number of nitrogens with zero attached hydrogens (tertiary/aromatic N) is 1. The number of aromatic amines is 1. The molecular formula is C32H29Br2IN2. The number of aryl methyl sites for hydroxylation is 3. The molecule has 0 fully saturated rings. The Morgan fingerprint density at radius 1 is 0.622 bits per heavy atom. The predicted molar refractivity (Wildman–Crippen MR) is 175 cm³/mol. The first-order valence-corrected chi connectivity index (χ1v) is 14.7. The van der Waals surface area contributed by atoms with Gasteiger partial charge in [0, 0.05) is 45.9 Å². The lowest BCUT2D eigenvalue weighted by molar-refractivity contribution is 1.04. The predicted octanol–water partition coefficient (Wildman–Crippen LogP) is 10.8. The molecule has 2 nitrogen and oxygen atoms in total. The second-order valence-electron chi connectivity index (χ2n) is 8.90. The van der Waals surface area contributed by atoms with Gasteiger partial charge >= 0.3 is 0 Å². The lowest BCUT2D eigenvalue weighted by atomic mass is 10.2. The normalized spacial score (nSPS) is 10.6. The maximum Gasteiger partial charge on any atom is 0.0534 e. The Morgan fingerprint density at radius 2 is 1.16 bits per heavy atom. The van der Waals surface area contributed by atoms with Gasteiger partial charge in [-0.05, 0) is 122 Å². The summed E-state index contributed by atoms with van der Waals surface area (Å²) in [6.45, 7) is 8.62. The van der Waals surface area contributed by atoms with Crippen LogP contribution in [0.3, 0.4) is 0 Å². The van der Waals surface area contributed by atoms with Gasteiger partial charge in [0.1, 0.15) is 0 Å². The Hall–Kier alpha value is -2.35. The smallest absolute Gasteiger partial charge is 0.0534 e. The van der Waals surface area contributed by atoms with Crippen molar-refractivity contribution in [3.05, 3.63) is 132 Å². The molecule has 0 saturated heterocycles. The van der Waals surface area contributed by atoms with E-state index in [2.05, 4.69) is 177 Å². The van der Waals surface area contributed by atoms with Crippen molar-refractivity contribution in [3.8, 4) is 5.69 Å². The number of nitrogens with one attached hydrogen (secondary N) is 1. The summed E-state index contributed by atoms with van der Waals surface area (Å²) in [5, 5.41) is 2.67. The molecule has 2 heterocycles. The van der Waals surface area contributed by atoms with Gasteiger partial charge in [0.25, 0.3) is 0 Å². The fourth-order valence-electron chi connectivity index (χ4n) is 4.30. The second-order valence-corrected chi connectivity index (χ2v) is 12.0. The highest BCUT2D eigenvalue weighted by molar-refractivity contribution is 14.1. The zero-order valence-corrected chi connectivity index (χ0v) is 26.6. The highest BCUT2D eigenvalue weighted by Gasteiger charge is 2.11. The average molecular weight is 728 g/mol. The van der Waals surface area contributed by atoms with Crippen LogP contribution in [0.15, 0.2) is 106 Å². The molecule has 0 aliphatic heterocycles. The summed E-state index contributed by atoms with van der Waals surface area (Å²) in [7, 11) is 0. The molecule has 1 N–H and O–H groups in total. The molecule has 6 aromatic rings. The summed E-state index contributed by atoms with van der Waals surface area (Å²) < 4.78 is 5.83. The second kappa shape index (κ2) is 12.5. The monoisotopic (exact) mass is 726 g/mol. The number of hydrogen-bond acceptors (Lipinski definition) is 0. The number of hydrogen-bond donors (Lipinski definition) is 1. The van der Waals surface area contributed by atoms with Crippen LogP contribution in [0, 0.1) is 31.3 Å². The Labute approximate surface area is 249 Å². The number of aromatic nitrogens is 2. The van der Waals surface area contributed by atoms with Crippen LogP contribution in [0.25, 0.3) is 27.5 Å². The molecule has 4 aromatic carbocycles. The summed E-state index contributed by atoms with van der Waals surface area (Å²) in [5.41, 5.74) is 9.01. The van der Waals surface area contributed by atoms with E-state index >= 15 is 0 Å². The summed E-state index contributed by atoms with van der Waals surface area (Å²) >= 11 is 9.10. The maximum absolute atomic E-state index is 3.48. The highest BCUT2D eigenvalue weighted by atomic mass is 127. The number of para-hydroxylation sites is 2. The van der Waals surface area contributed by atoms with Crippen LogP contribution in [-0.4, -0.2) is 9.55 Å². The molecule has 2 aromatic heterocycles. The van der Waals surface area contributed by atoms with Crippen LogP contribution in [0.5, 0.6) is 0 Å². The minimum Gasteiger partial charge on any atom is -0.358 e. The molecule has 188 valence electrons. The van der Waals surface area contributed by atoms with Crippen molar-refractivity contribution in [1.29, 1.82) is 0 Å². The van der Waals surface area contributed by atoms with Crippen molar-refractivity contribution in [2.75, 3.05) is 0 Å². The van der Waals surface area contributed by atoms with Crippen LogP contribution in [0.4, 0.5) is 0 Å². The molecule has 37 heavy (non-hydrogen) atoms. The van der Waals surface area contributed by atoms with Crippen molar-refractivity contribution in [2.45, 2.75) is 27.7 Å². The Morgan fingerprint density at radius 3 is 1.76 bits per heavy atom. The van der Waals surface area contributed by atoms with E-state index < -0.39 is 0 Å². The van der Waals surface area contributed by atoms with Gasteiger partial charge in [-0.25, -0.2) is 0 Å². The van der Waals surface area contributed by atoms with Gasteiger partial charge in [0.05, 0.1) is 5.52 Å². The lowest BCUT2D eigenvalue weighted by Crippen LogP contribution is -1.96. The number of benzene rings is 4. The van der Waals surface area contributed by atoms with Gasteiger partial charge < -0.3 is 9.55 Å². The molecular weight excluding hydrogens is 699 g/mol. The Bertz CT molecular complexity index is 1610. The minimum atomic E-state index is 1.11. The van der Waals surface area contributed by atoms with E-state index in [-0.39, 0.29) is 0 Å². The maximum atomic E-state index is 3.48. The fraction of sp³-hybridized carbons (Fsp3) is 0.125. The Kier molecular flexibility index (Phi) is 9.32. The SMILES string of the molecule is Brc1ccc(I)cc1.Cc1[nH]c2ccccc2c1C.Cc1c(C)n(-c2ccc(Br)cc2)c2ccccc12. The molecule has 0 aliphatic rings. The summed E-state index contributed by atoms with van der Waals surface area (Å²) in [5.74, 6) is 0. The summed E-state index contributed by atoms with van der Waals surface area (Å²) in [6.07, 6.45) is 0. The first-order valence-electron chi connectivity index (χ1n) is 12.0. The number of fused-ring (bicyclic) bond motifs is 2. The topological polar surface area (TPSA) is 20.7 Å². The van der Waals surface area contributed by atoms with Gasteiger partial charge in [-0.3, -0.25) is 0 Å². The van der Waals surface area contributed by atoms with E-state index in [1.807, 2.05) is 12.1 Å². The van der Waals surface area contributed by atoms with Crippen LogP contribution in [0.1, 0.15) is 22.5 Å². The molecule has 0 bridgehead atoms. The van der Waals surface area contributed by atoms with Crippen LogP contribution >= 0.6 is 54.5 Å². The van der Waals surface area contributed by atoms with E-state index in [0.29, 0.717) is 0 Å². The standard InChI is InChI=1S/C16H14BrN.C10H11N.C6H4BrI/c1-11-12(2)18(14-9-7-13(17)8-10-14)16-6-4-3-5-15(11)16;1-7-8(2)11-10-6-4-3-5-9(7)10;7-5-1-3-6(8)4-2-5/h3-10H,1-2H3;3-6,11H,1-2H3;1-4H. The highest BCUT2D eigenvalue weighted by Crippen LogP contribution is 2.28. The van der Waals surface area contributed by atoms with Crippen molar-refractivity contribution < 1.29 is 0 Å². The third-order valence-electron chi connectivity index (χ3n) is 6.53. The molecule has 5 heteroatoms. The molecule has 0 unspecified atom stereocenters. The van der Waals surface area contributed by atoms with E-state index in [4.69, 9.17) is 0 Å². The number of H-pyrrole nitrogens is 1. The van der Waals surface area contributed by atoms with Gasteiger partial charge in [-0.1, -0.05) is 68.3 Å². The van der Waals surface area contributed by atoms with Crippen LogP contribution < -0.4 is 0 Å². The van der Waals surface area contributed by atoms with Crippen molar-refractivity contribution >= 4 is 76.3 Å². The zero-order valence-electron chi connectivity index (χ0n) is 21.3. The lowest BCUT2D eigenvalue weighted by Gasteiger charge is -2.08. The van der Waals surface area contributed by atoms with Gasteiger partial charge in [-0.2, -0.15) is 0 Å². The molecule has 0 radical (unpaired) electrons. The molecule has 6 rings (SSSR count). The quantitative estimate of drug-likeness (QED) is 0.163. The van der Waals surface area contributed by atoms with Gasteiger partial charge in [0.2, 0.25) is 0 Å². The number of halogens is 3. The van der Waals surface area contributed by atoms with Crippen molar-refractivity contribution in [1.82, 2.24) is 9.55 Å². The molecule has 0 aliphatic carbocycles. The first kappa shape index (κ1) is 27.7. The number of rotatable bonds is 1. The average Bonchev–Trinajstić information content (AvgIpc) is 3.34. The van der Waals surface area contributed by atoms with Crippen LogP contribution in [0.2, 0.25) is 0 Å².